The third kappa shape index (κ3) is 1.86. The predicted molar refractivity (Wildman–Crippen MR) is 48.0 cm³/mol. The van der Waals surface area contributed by atoms with Crippen LogP contribution in [-0.2, 0) is 4.79 Å². The van der Waals surface area contributed by atoms with Gasteiger partial charge in [-0.2, -0.15) is 0 Å². The molecule has 0 radical (unpaired) electrons. The van der Waals surface area contributed by atoms with E-state index in [4.69, 9.17) is 0 Å². The summed E-state index contributed by atoms with van der Waals surface area (Å²) in [6.07, 6.45) is 3.63. The van der Waals surface area contributed by atoms with E-state index >= 15 is 0 Å². The fourth-order valence-electron chi connectivity index (χ4n) is 2.07. The molecule has 0 amide bonds. The first-order valence-electron chi connectivity index (χ1n) is 5.00. The van der Waals surface area contributed by atoms with E-state index in [0.717, 1.165) is 37.9 Å². The lowest BCUT2D eigenvalue weighted by Crippen LogP contribution is -2.27. The van der Waals surface area contributed by atoms with Crippen molar-refractivity contribution in [2.24, 2.45) is 11.8 Å². The summed E-state index contributed by atoms with van der Waals surface area (Å²) in [5.74, 6) is 2.22. The maximum atomic E-state index is 11.0. The van der Waals surface area contributed by atoms with E-state index in [0.29, 0.717) is 5.78 Å². The zero-order valence-corrected chi connectivity index (χ0v) is 7.75. The molecule has 1 heterocycles. The van der Waals surface area contributed by atoms with Gasteiger partial charge in [-0.1, -0.05) is 6.92 Å². The minimum absolute atomic E-state index is 0.429. The van der Waals surface area contributed by atoms with Crippen LogP contribution in [0.25, 0.3) is 0 Å². The fourth-order valence-corrected chi connectivity index (χ4v) is 2.07. The Morgan fingerprint density at radius 1 is 1.58 bits per heavy atom. The van der Waals surface area contributed by atoms with Crippen LogP contribution in [0.4, 0.5) is 0 Å². The van der Waals surface area contributed by atoms with Gasteiger partial charge in [-0.25, -0.2) is 0 Å². The Bertz CT molecular complexity index is 186. The number of carbonyl (C=O) groups excluding carboxylic acids is 1. The molecule has 0 spiro atoms. The number of ketones is 1. The summed E-state index contributed by atoms with van der Waals surface area (Å²) in [4.78, 5) is 13.3. The van der Waals surface area contributed by atoms with Crippen LogP contribution in [0.3, 0.4) is 0 Å². The summed E-state index contributed by atoms with van der Waals surface area (Å²) >= 11 is 0. The molecule has 0 bridgehead atoms. The van der Waals surface area contributed by atoms with Crippen LogP contribution in [-0.4, -0.2) is 30.3 Å². The largest absolute Gasteiger partial charge is 0.298 e. The quantitative estimate of drug-likeness (QED) is 0.631. The molecule has 1 saturated carbocycles. The molecule has 0 aromatic heterocycles. The maximum Gasteiger partial charge on any atom is 0.148 e. The summed E-state index contributed by atoms with van der Waals surface area (Å²) in [5.41, 5.74) is 0. The first-order valence-corrected chi connectivity index (χ1v) is 5.00. The Hall–Kier alpha value is -0.370. The monoisotopic (exact) mass is 167 g/mol. The number of hydrogen-bond acceptors (Lipinski definition) is 2. The number of Topliss-reactive ketones (excluding diaryl/α,β-unsaturated/α-hetero) is 1. The Kier molecular flexibility index (Phi) is 2.18. The van der Waals surface area contributed by atoms with Crippen molar-refractivity contribution < 1.29 is 4.79 Å². The van der Waals surface area contributed by atoms with Gasteiger partial charge in [0.15, 0.2) is 0 Å². The second-order valence-corrected chi connectivity index (χ2v) is 4.34. The fraction of sp³-hybridized carbons (Fsp3) is 0.900. The van der Waals surface area contributed by atoms with Crippen LogP contribution in [0, 0.1) is 11.8 Å². The summed E-state index contributed by atoms with van der Waals surface area (Å²) in [7, 11) is 0. The summed E-state index contributed by atoms with van der Waals surface area (Å²) in [6.45, 7) is 5.20. The van der Waals surface area contributed by atoms with Crippen molar-refractivity contribution in [2.45, 2.75) is 26.2 Å². The van der Waals surface area contributed by atoms with E-state index in [-0.39, 0.29) is 0 Å². The highest BCUT2D eigenvalue weighted by Crippen LogP contribution is 2.37. The number of likely N-dealkylation sites (tertiary alicyclic amines) is 1. The zero-order chi connectivity index (χ0) is 8.55. The van der Waals surface area contributed by atoms with E-state index in [2.05, 4.69) is 11.8 Å². The maximum absolute atomic E-state index is 11.0. The Morgan fingerprint density at radius 3 is 2.83 bits per heavy atom. The Morgan fingerprint density at radius 2 is 2.33 bits per heavy atom. The molecule has 2 aliphatic rings. The molecule has 1 unspecified atom stereocenters. The molecular weight excluding hydrogens is 150 g/mol. The molecule has 0 N–H and O–H groups in total. The molecule has 1 aliphatic heterocycles. The van der Waals surface area contributed by atoms with Crippen molar-refractivity contribution in [1.29, 1.82) is 0 Å². The molecule has 2 rings (SSSR count). The van der Waals surface area contributed by atoms with Gasteiger partial charge >= 0.3 is 0 Å². The zero-order valence-electron chi connectivity index (χ0n) is 7.75. The molecule has 1 saturated heterocycles. The van der Waals surface area contributed by atoms with Crippen molar-refractivity contribution in [3.63, 3.8) is 0 Å². The van der Waals surface area contributed by atoms with Gasteiger partial charge in [0.1, 0.15) is 5.78 Å². The molecular formula is C10H17NO. The van der Waals surface area contributed by atoms with Crippen LogP contribution >= 0.6 is 0 Å². The minimum atomic E-state index is 0.429. The standard InChI is InChI=1S/C10H17NO/c1-8(9-2-3-9)6-11-5-4-10(12)7-11/h8-9H,2-7H2,1H3. The van der Waals surface area contributed by atoms with E-state index in [9.17, 15) is 4.79 Å². The van der Waals surface area contributed by atoms with Crippen LogP contribution in [0.2, 0.25) is 0 Å². The van der Waals surface area contributed by atoms with E-state index in [1.807, 2.05) is 0 Å². The highest BCUT2D eigenvalue weighted by molar-refractivity contribution is 5.82. The minimum Gasteiger partial charge on any atom is -0.298 e. The van der Waals surface area contributed by atoms with Gasteiger partial charge in [0, 0.05) is 19.5 Å². The topological polar surface area (TPSA) is 20.3 Å². The Labute approximate surface area is 73.9 Å². The average Bonchev–Trinajstić information content (AvgIpc) is 2.78. The van der Waals surface area contributed by atoms with Crippen molar-refractivity contribution in [3.8, 4) is 0 Å². The van der Waals surface area contributed by atoms with Crippen molar-refractivity contribution in [3.05, 3.63) is 0 Å². The number of nitrogens with zero attached hydrogens (tertiary/aromatic N) is 1. The number of rotatable bonds is 3. The smallest absolute Gasteiger partial charge is 0.148 e. The van der Waals surface area contributed by atoms with Gasteiger partial charge < -0.3 is 0 Å². The van der Waals surface area contributed by atoms with Gasteiger partial charge in [-0.3, -0.25) is 9.69 Å². The van der Waals surface area contributed by atoms with Gasteiger partial charge in [0.2, 0.25) is 0 Å². The second kappa shape index (κ2) is 3.17. The molecule has 2 heteroatoms. The van der Waals surface area contributed by atoms with Crippen LogP contribution in [0.15, 0.2) is 0 Å². The molecule has 0 aromatic rings. The van der Waals surface area contributed by atoms with Gasteiger partial charge in [0.25, 0.3) is 0 Å². The Balaban J connectivity index is 1.75. The van der Waals surface area contributed by atoms with Crippen LogP contribution in [0.1, 0.15) is 26.2 Å². The lowest BCUT2D eigenvalue weighted by atomic mass is 10.1. The van der Waals surface area contributed by atoms with Gasteiger partial charge in [-0.05, 0) is 24.7 Å². The molecule has 1 atom stereocenters. The van der Waals surface area contributed by atoms with Crippen molar-refractivity contribution >= 4 is 5.78 Å². The van der Waals surface area contributed by atoms with E-state index in [1.165, 1.54) is 12.8 Å². The second-order valence-electron chi connectivity index (χ2n) is 4.34. The number of hydrogen-bond donors (Lipinski definition) is 0. The molecule has 1 aliphatic carbocycles. The highest BCUT2D eigenvalue weighted by Gasteiger charge is 2.30. The highest BCUT2D eigenvalue weighted by atomic mass is 16.1. The number of carbonyl (C=O) groups is 1. The van der Waals surface area contributed by atoms with Crippen molar-refractivity contribution in [2.75, 3.05) is 19.6 Å². The van der Waals surface area contributed by atoms with E-state index in [1.54, 1.807) is 0 Å². The first-order chi connectivity index (χ1) is 5.75. The van der Waals surface area contributed by atoms with Crippen LogP contribution < -0.4 is 0 Å². The summed E-state index contributed by atoms with van der Waals surface area (Å²) < 4.78 is 0. The van der Waals surface area contributed by atoms with Crippen LogP contribution in [0.5, 0.6) is 0 Å². The van der Waals surface area contributed by atoms with Crippen molar-refractivity contribution in [1.82, 2.24) is 4.90 Å². The van der Waals surface area contributed by atoms with Gasteiger partial charge in [-0.15, -0.1) is 0 Å². The first kappa shape index (κ1) is 8.24. The lowest BCUT2D eigenvalue weighted by molar-refractivity contribution is -0.116. The lowest BCUT2D eigenvalue weighted by Gasteiger charge is -2.18. The molecule has 12 heavy (non-hydrogen) atoms. The molecule has 68 valence electrons. The molecule has 0 aromatic carbocycles. The normalized spacial score (nSPS) is 27.9. The van der Waals surface area contributed by atoms with Gasteiger partial charge in [0.05, 0.1) is 6.54 Å². The molecule has 2 fully saturated rings. The SMILES string of the molecule is CC(CN1CCC(=O)C1)C1CC1. The average molecular weight is 167 g/mol. The summed E-state index contributed by atoms with van der Waals surface area (Å²) in [5, 5.41) is 0. The summed E-state index contributed by atoms with van der Waals surface area (Å²) in [6, 6.07) is 0. The third-order valence-corrected chi connectivity index (χ3v) is 3.08. The third-order valence-electron chi connectivity index (χ3n) is 3.08. The molecule has 2 nitrogen and oxygen atoms in total. The van der Waals surface area contributed by atoms with E-state index < -0.39 is 0 Å². The predicted octanol–water partition coefficient (Wildman–Crippen LogP) is 1.31.